The van der Waals surface area contributed by atoms with E-state index in [2.05, 4.69) is 61.0 Å². The zero-order valence-electron chi connectivity index (χ0n) is 13.6. The van der Waals surface area contributed by atoms with Crippen molar-refractivity contribution in [2.75, 3.05) is 0 Å². The Morgan fingerprint density at radius 1 is 1.10 bits per heavy atom. The molecule has 1 N–H and O–H groups in total. The Kier molecular flexibility index (Phi) is 4.68. The van der Waals surface area contributed by atoms with E-state index in [1.807, 2.05) is 12.3 Å². The molecule has 0 atom stereocenters. The molecule has 0 unspecified atom stereocenters. The summed E-state index contributed by atoms with van der Waals surface area (Å²) in [6.45, 7) is 11.4. The molecule has 4 heteroatoms. The van der Waals surface area contributed by atoms with Crippen LogP contribution >= 0.6 is 0 Å². The summed E-state index contributed by atoms with van der Waals surface area (Å²) < 4.78 is 0. The van der Waals surface area contributed by atoms with Crippen molar-refractivity contribution in [3.8, 4) is 0 Å². The lowest BCUT2D eigenvalue weighted by atomic mass is 10.1. The summed E-state index contributed by atoms with van der Waals surface area (Å²) in [6.07, 6.45) is 4.37. The Morgan fingerprint density at radius 3 is 2.29 bits per heavy atom. The highest BCUT2D eigenvalue weighted by molar-refractivity contribution is 5.26. The van der Waals surface area contributed by atoms with E-state index in [9.17, 15) is 0 Å². The van der Waals surface area contributed by atoms with E-state index in [1.165, 1.54) is 5.56 Å². The SMILES string of the molecule is Cc1nc(Cc2cccnc2)nc(C)c1CNC(C)(C)C. The Bertz CT molecular complexity index is 577. The lowest BCUT2D eigenvalue weighted by Gasteiger charge is -2.22. The fourth-order valence-corrected chi connectivity index (χ4v) is 2.18. The normalized spacial score (nSPS) is 11.7. The van der Waals surface area contributed by atoms with Crippen molar-refractivity contribution in [3.05, 3.63) is 52.9 Å². The molecule has 0 aliphatic heterocycles. The average molecular weight is 284 g/mol. The largest absolute Gasteiger partial charge is 0.308 e. The molecule has 0 aromatic carbocycles. The monoisotopic (exact) mass is 284 g/mol. The molecule has 4 nitrogen and oxygen atoms in total. The summed E-state index contributed by atoms with van der Waals surface area (Å²) >= 11 is 0. The van der Waals surface area contributed by atoms with Crippen molar-refractivity contribution < 1.29 is 0 Å². The van der Waals surface area contributed by atoms with Crippen LogP contribution < -0.4 is 5.32 Å². The number of hydrogen-bond acceptors (Lipinski definition) is 4. The molecule has 0 saturated heterocycles. The smallest absolute Gasteiger partial charge is 0.133 e. The van der Waals surface area contributed by atoms with E-state index in [0.717, 1.165) is 35.7 Å². The summed E-state index contributed by atoms with van der Waals surface area (Å²) in [5, 5.41) is 3.50. The van der Waals surface area contributed by atoms with Gasteiger partial charge in [-0.3, -0.25) is 4.98 Å². The summed E-state index contributed by atoms with van der Waals surface area (Å²) in [5.74, 6) is 0.859. The molecule has 0 radical (unpaired) electrons. The van der Waals surface area contributed by atoms with Gasteiger partial charge in [0.15, 0.2) is 0 Å². The van der Waals surface area contributed by atoms with E-state index in [1.54, 1.807) is 6.20 Å². The maximum Gasteiger partial charge on any atom is 0.133 e. The molecule has 0 aliphatic rings. The minimum Gasteiger partial charge on any atom is -0.308 e. The molecular formula is C17H24N4. The molecule has 2 heterocycles. The van der Waals surface area contributed by atoms with Gasteiger partial charge in [0.2, 0.25) is 0 Å². The quantitative estimate of drug-likeness (QED) is 0.938. The van der Waals surface area contributed by atoms with Gasteiger partial charge in [0.05, 0.1) is 0 Å². The Morgan fingerprint density at radius 2 is 1.76 bits per heavy atom. The predicted molar refractivity (Wildman–Crippen MR) is 85.1 cm³/mol. The van der Waals surface area contributed by atoms with Crippen LogP contribution in [0.3, 0.4) is 0 Å². The number of aromatic nitrogens is 3. The van der Waals surface area contributed by atoms with E-state index in [0.29, 0.717) is 0 Å². The molecule has 2 aromatic heterocycles. The highest BCUT2D eigenvalue weighted by Crippen LogP contribution is 2.14. The van der Waals surface area contributed by atoms with Gasteiger partial charge in [0.1, 0.15) is 5.82 Å². The van der Waals surface area contributed by atoms with Gasteiger partial charge in [0, 0.05) is 47.8 Å². The second-order valence-corrected chi connectivity index (χ2v) is 6.43. The Balaban J connectivity index is 2.17. The maximum atomic E-state index is 4.65. The van der Waals surface area contributed by atoms with E-state index in [4.69, 9.17) is 0 Å². The lowest BCUT2D eigenvalue weighted by Crippen LogP contribution is -2.35. The van der Waals surface area contributed by atoms with Gasteiger partial charge in [-0.15, -0.1) is 0 Å². The maximum absolute atomic E-state index is 4.65. The van der Waals surface area contributed by atoms with Crippen molar-refractivity contribution in [2.24, 2.45) is 0 Å². The van der Waals surface area contributed by atoms with Crippen LogP contribution in [-0.2, 0) is 13.0 Å². The molecule has 0 spiro atoms. The van der Waals surface area contributed by atoms with Crippen LogP contribution in [0.15, 0.2) is 24.5 Å². The minimum absolute atomic E-state index is 0.0905. The Labute approximate surface area is 127 Å². The van der Waals surface area contributed by atoms with Crippen molar-refractivity contribution in [1.29, 1.82) is 0 Å². The zero-order chi connectivity index (χ0) is 15.5. The van der Waals surface area contributed by atoms with Crippen LogP contribution in [0, 0.1) is 13.8 Å². The number of rotatable bonds is 4. The fraction of sp³-hybridized carbons (Fsp3) is 0.471. The summed E-state index contributed by atoms with van der Waals surface area (Å²) in [4.78, 5) is 13.4. The van der Waals surface area contributed by atoms with Crippen molar-refractivity contribution >= 4 is 0 Å². The molecule has 0 bridgehead atoms. The van der Waals surface area contributed by atoms with Gasteiger partial charge < -0.3 is 5.32 Å². The van der Waals surface area contributed by atoms with Crippen molar-refractivity contribution in [3.63, 3.8) is 0 Å². The number of hydrogen-bond donors (Lipinski definition) is 1. The molecule has 2 rings (SSSR count). The third-order valence-corrected chi connectivity index (χ3v) is 3.35. The first-order valence-corrected chi connectivity index (χ1v) is 7.32. The molecule has 0 aliphatic carbocycles. The van der Waals surface area contributed by atoms with E-state index >= 15 is 0 Å². The average Bonchev–Trinajstić information content (AvgIpc) is 2.37. The molecule has 0 saturated carbocycles. The van der Waals surface area contributed by atoms with Crippen LogP contribution in [0.4, 0.5) is 0 Å². The topological polar surface area (TPSA) is 50.7 Å². The number of nitrogens with one attached hydrogen (secondary N) is 1. The Hall–Kier alpha value is -1.81. The van der Waals surface area contributed by atoms with Crippen LogP contribution in [0.5, 0.6) is 0 Å². The van der Waals surface area contributed by atoms with Crippen LogP contribution in [0.2, 0.25) is 0 Å². The van der Waals surface area contributed by atoms with Gasteiger partial charge in [0.25, 0.3) is 0 Å². The van der Waals surface area contributed by atoms with Gasteiger partial charge in [-0.25, -0.2) is 9.97 Å². The first-order valence-electron chi connectivity index (χ1n) is 7.32. The van der Waals surface area contributed by atoms with Crippen LogP contribution in [0.25, 0.3) is 0 Å². The lowest BCUT2D eigenvalue weighted by molar-refractivity contribution is 0.422. The molecule has 0 fully saturated rings. The zero-order valence-corrected chi connectivity index (χ0v) is 13.6. The molecule has 2 aromatic rings. The minimum atomic E-state index is 0.0905. The fourth-order valence-electron chi connectivity index (χ4n) is 2.18. The third kappa shape index (κ3) is 4.60. The standard InChI is InChI=1S/C17H24N4/c1-12-15(11-19-17(3,4)5)13(2)21-16(20-12)9-14-7-6-8-18-10-14/h6-8,10,19H,9,11H2,1-5H3. The highest BCUT2D eigenvalue weighted by atomic mass is 15.0. The van der Waals surface area contributed by atoms with Gasteiger partial charge in [-0.2, -0.15) is 0 Å². The second-order valence-electron chi connectivity index (χ2n) is 6.43. The van der Waals surface area contributed by atoms with Crippen molar-refractivity contribution in [2.45, 2.75) is 53.1 Å². The van der Waals surface area contributed by atoms with Gasteiger partial charge in [-0.1, -0.05) is 6.07 Å². The second kappa shape index (κ2) is 6.31. The number of pyridine rings is 1. The molecular weight excluding hydrogens is 260 g/mol. The first-order chi connectivity index (χ1) is 9.85. The summed E-state index contributed by atoms with van der Waals surface area (Å²) in [6, 6.07) is 3.99. The molecule has 0 amide bonds. The predicted octanol–water partition coefficient (Wildman–Crippen LogP) is 2.97. The van der Waals surface area contributed by atoms with Gasteiger partial charge >= 0.3 is 0 Å². The van der Waals surface area contributed by atoms with Crippen molar-refractivity contribution in [1.82, 2.24) is 20.3 Å². The van der Waals surface area contributed by atoms with Gasteiger partial charge in [-0.05, 0) is 46.2 Å². The highest BCUT2D eigenvalue weighted by Gasteiger charge is 2.13. The summed E-state index contributed by atoms with van der Waals surface area (Å²) in [5.41, 5.74) is 4.53. The molecule has 112 valence electrons. The van der Waals surface area contributed by atoms with E-state index in [-0.39, 0.29) is 5.54 Å². The van der Waals surface area contributed by atoms with Crippen LogP contribution in [-0.4, -0.2) is 20.5 Å². The summed E-state index contributed by atoms with van der Waals surface area (Å²) in [7, 11) is 0. The first kappa shape index (κ1) is 15.6. The number of nitrogens with zero attached hydrogens (tertiary/aromatic N) is 3. The number of aryl methyl sites for hydroxylation is 2. The third-order valence-electron chi connectivity index (χ3n) is 3.35. The van der Waals surface area contributed by atoms with Crippen LogP contribution in [0.1, 0.15) is 49.1 Å². The van der Waals surface area contributed by atoms with E-state index < -0.39 is 0 Å². The molecule has 21 heavy (non-hydrogen) atoms.